The van der Waals surface area contributed by atoms with E-state index in [0.717, 1.165) is 6.54 Å². The third-order valence-corrected chi connectivity index (χ3v) is 2.84. The Kier molecular flexibility index (Phi) is 2.00. The average Bonchev–Trinajstić information content (AvgIpc) is 2.48. The van der Waals surface area contributed by atoms with Crippen LogP contribution in [0.5, 0.6) is 0 Å². The summed E-state index contributed by atoms with van der Waals surface area (Å²) in [5.74, 6) is 0.481. The summed E-state index contributed by atoms with van der Waals surface area (Å²) >= 11 is 0. The van der Waals surface area contributed by atoms with Crippen molar-refractivity contribution in [1.82, 2.24) is 0 Å². The van der Waals surface area contributed by atoms with Crippen molar-refractivity contribution in [2.75, 3.05) is 11.9 Å². The highest BCUT2D eigenvalue weighted by atomic mass is 14.9. The molecule has 1 heterocycles. The Morgan fingerprint density at radius 1 is 1.54 bits per heavy atom. The minimum Gasteiger partial charge on any atom is -0.384 e. The van der Waals surface area contributed by atoms with Gasteiger partial charge in [-0.05, 0) is 25.0 Å². The molecule has 1 aliphatic heterocycles. The molecule has 70 valence electrons. The molecule has 0 fully saturated rings. The first-order chi connectivity index (χ1) is 6.20. The zero-order valence-electron chi connectivity index (χ0n) is 8.17. The lowest BCUT2D eigenvalue weighted by Gasteiger charge is -2.14. The van der Waals surface area contributed by atoms with Gasteiger partial charge in [0.2, 0.25) is 0 Å². The molecule has 2 nitrogen and oxygen atoms in total. The molecular formula is C11H16N2. The van der Waals surface area contributed by atoms with E-state index in [1.54, 1.807) is 0 Å². The SMILES string of the molecule is Cc1cccc2c1NCC2C(C)N. The van der Waals surface area contributed by atoms with Crippen molar-refractivity contribution in [3.05, 3.63) is 29.3 Å². The summed E-state index contributed by atoms with van der Waals surface area (Å²) in [6.45, 7) is 5.19. The van der Waals surface area contributed by atoms with E-state index in [4.69, 9.17) is 5.73 Å². The topological polar surface area (TPSA) is 38.0 Å². The summed E-state index contributed by atoms with van der Waals surface area (Å²) in [7, 11) is 0. The Hall–Kier alpha value is -1.02. The summed E-state index contributed by atoms with van der Waals surface area (Å²) in [5, 5.41) is 3.42. The highest BCUT2D eigenvalue weighted by Crippen LogP contribution is 2.34. The fourth-order valence-electron chi connectivity index (χ4n) is 2.03. The maximum absolute atomic E-state index is 5.92. The van der Waals surface area contributed by atoms with Crippen LogP contribution in [0.2, 0.25) is 0 Å². The van der Waals surface area contributed by atoms with Crippen molar-refractivity contribution in [1.29, 1.82) is 0 Å². The number of rotatable bonds is 1. The molecule has 0 aromatic heterocycles. The van der Waals surface area contributed by atoms with E-state index in [1.807, 2.05) is 0 Å². The zero-order valence-corrected chi connectivity index (χ0v) is 8.17. The first-order valence-corrected chi connectivity index (χ1v) is 4.79. The minimum atomic E-state index is 0.232. The van der Waals surface area contributed by atoms with Gasteiger partial charge in [-0.3, -0.25) is 0 Å². The second kappa shape index (κ2) is 3.04. The number of fused-ring (bicyclic) bond motifs is 1. The molecule has 2 unspecified atom stereocenters. The van der Waals surface area contributed by atoms with Gasteiger partial charge in [0.1, 0.15) is 0 Å². The molecule has 2 atom stereocenters. The van der Waals surface area contributed by atoms with Crippen molar-refractivity contribution in [3.63, 3.8) is 0 Å². The third-order valence-electron chi connectivity index (χ3n) is 2.84. The fraction of sp³-hybridized carbons (Fsp3) is 0.455. The number of nitrogens with two attached hydrogens (primary N) is 1. The lowest BCUT2D eigenvalue weighted by atomic mass is 9.94. The first kappa shape index (κ1) is 8.57. The number of hydrogen-bond donors (Lipinski definition) is 2. The number of benzene rings is 1. The summed E-state index contributed by atoms with van der Waals surface area (Å²) in [4.78, 5) is 0. The third kappa shape index (κ3) is 1.31. The largest absolute Gasteiger partial charge is 0.384 e. The minimum absolute atomic E-state index is 0.232. The van der Waals surface area contributed by atoms with Crippen LogP contribution in [-0.2, 0) is 0 Å². The fourth-order valence-corrected chi connectivity index (χ4v) is 2.03. The van der Waals surface area contributed by atoms with E-state index in [0.29, 0.717) is 5.92 Å². The van der Waals surface area contributed by atoms with Crippen molar-refractivity contribution >= 4 is 5.69 Å². The standard InChI is InChI=1S/C11H16N2/c1-7-4-3-5-9-10(8(2)12)6-13-11(7)9/h3-5,8,10,13H,6,12H2,1-2H3. The van der Waals surface area contributed by atoms with Gasteiger partial charge in [0, 0.05) is 24.2 Å². The van der Waals surface area contributed by atoms with Crippen LogP contribution < -0.4 is 11.1 Å². The van der Waals surface area contributed by atoms with Gasteiger partial charge in [0.25, 0.3) is 0 Å². The Balaban J connectivity index is 2.43. The number of aryl methyl sites for hydroxylation is 1. The molecule has 2 rings (SSSR count). The van der Waals surface area contributed by atoms with E-state index in [2.05, 4.69) is 37.4 Å². The smallest absolute Gasteiger partial charge is 0.0406 e. The van der Waals surface area contributed by atoms with Gasteiger partial charge in [0.05, 0.1) is 0 Å². The molecule has 1 aromatic carbocycles. The zero-order chi connectivity index (χ0) is 9.42. The van der Waals surface area contributed by atoms with Gasteiger partial charge >= 0.3 is 0 Å². The van der Waals surface area contributed by atoms with Crippen molar-refractivity contribution in [3.8, 4) is 0 Å². The van der Waals surface area contributed by atoms with Crippen molar-refractivity contribution in [2.45, 2.75) is 25.8 Å². The molecule has 2 heteroatoms. The second-order valence-electron chi connectivity index (χ2n) is 3.89. The summed E-state index contributed by atoms with van der Waals surface area (Å²) in [6, 6.07) is 6.65. The average molecular weight is 176 g/mol. The molecule has 0 aliphatic carbocycles. The molecule has 0 bridgehead atoms. The predicted molar refractivity (Wildman–Crippen MR) is 56.1 cm³/mol. The predicted octanol–water partition coefficient (Wildman–Crippen LogP) is 1.85. The molecule has 0 saturated heterocycles. The highest BCUT2D eigenvalue weighted by Gasteiger charge is 2.25. The number of para-hydroxylation sites is 1. The Morgan fingerprint density at radius 3 is 3.00 bits per heavy atom. The highest BCUT2D eigenvalue weighted by molar-refractivity contribution is 5.62. The number of nitrogens with one attached hydrogen (secondary N) is 1. The van der Waals surface area contributed by atoms with Crippen molar-refractivity contribution < 1.29 is 0 Å². The van der Waals surface area contributed by atoms with Crippen LogP contribution >= 0.6 is 0 Å². The normalized spacial score (nSPS) is 22.2. The molecule has 13 heavy (non-hydrogen) atoms. The lowest BCUT2D eigenvalue weighted by molar-refractivity contribution is 0.610. The van der Waals surface area contributed by atoms with E-state index in [-0.39, 0.29) is 6.04 Å². The molecular weight excluding hydrogens is 160 g/mol. The first-order valence-electron chi connectivity index (χ1n) is 4.79. The van der Waals surface area contributed by atoms with Crippen LogP contribution in [0.15, 0.2) is 18.2 Å². The van der Waals surface area contributed by atoms with E-state index in [1.165, 1.54) is 16.8 Å². The number of hydrogen-bond acceptors (Lipinski definition) is 2. The van der Waals surface area contributed by atoms with Crippen LogP contribution in [0.4, 0.5) is 5.69 Å². The van der Waals surface area contributed by atoms with Gasteiger partial charge in [-0.15, -0.1) is 0 Å². The van der Waals surface area contributed by atoms with Crippen LogP contribution in [0.25, 0.3) is 0 Å². The van der Waals surface area contributed by atoms with E-state index < -0.39 is 0 Å². The summed E-state index contributed by atoms with van der Waals surface area (Å²) in [5.41, 5.74) is 9.92. The molecule has 1 aromatic rings. The Bertz CT molecular complexity index is 318. The van der Waals surface area contributed by atoms with Crippen LogP contribution in [0.3, 0.4) is 0 Å². The van der Waals surface area contributed by atoms with Crippen LogP contribution in [-0.4, -0.2) is 12.6 Å². The monoisotopic (exact) mass is 176 g/mol. The number of anilines is 1. The van der Waals surface area contributed by atoms with Crippen LogP contribution in [0.1, 0.15) is 24.0 Å². The molecule has 0 saturated carbocycles. The van der Waals surface area contributed by atoms with Gasteiger partial charge in [-0.2, -0.15) is 0 Å². The Labute approximate surface area is 79.1 Å². The van der Waals surface area contributed by atoms with Gasteiger partial charge in [-0.25, -0.2) is 0 Å². The Morgan fingerprint density at radius 2 is 2.31 bits per heavy atom. The van der Waals surface area contributed by atoms with Gasteiger partial charge in [0.15, 0.2) is 0 Å². The van der Waals surface area contributed by atoms with Gasteiger partial charge < -0.3 is 11.1 Å². The molecule has 0 amide bonds. The summed E-state index contributed by atoms with van der Waals surface area (Å²) in [6.07, 6.45) is 0. The molecule has 3 N–H and O–H groups in total. The quantitative estimate of drug-likeness (QED) is 0.685. The second-order valence-corrected chi connectivity index (χ2v) is 3.89. The molecule has 0 spiro atoms. The molecule has 1 aliphatic rings. The van der Waals surface area contributed by atoms with E-state index >= 15 is 0 Å². The maximum atomic E-state index is 5.92. The van der Waals surface area contributed by atoms with E-state index in [9.17, 15) is 0 Å². The maximum Gasteiger partial charge on any atom is 0.0406 e. The lowest BCUT2D eigenvalue weighted by Crippen LogP contribution is -2.25. The van der Waals surface area contributed by atoms with Crippen molar-refractivity contribution in [2.24, 2.45) is 5.73 Å². The van der Waals surface area contributed by atoms with Gasteiger partial charge in [-0.1, -0.05) is 18.2 Å². The van der Waals surface area contributed by atoms with Crippen LogP contribution in [0, 0.1) is 6.92 Å². The summed E-state index contributed by atoms with van der Waals surface area (Å²) < 4.78 is 0. The molecule has 0 radical (unpaired) electrons.